The highest BCUT2D eigenvalue weighted by molar-refractivity contribution is 5.95. The van der Waals surface area contributed by atoms with Gasteiger partial charge < -0.3 is 11.1 Å². The highest BCUT2D eigenvalue weighted by atomic mass is 16.1. The summed E-state index contributed by atoms with van der Waals surface area (Å²) >= 11 is 0. The quantitative estimate of drug-likeness (QED) is 0.476. The zero-order valence-corrected chi connectivity index (χ0v) is 13.6. The Labute approximate surface area is 145 Å². The Kier molecular flexibility index (Phi) is 4.89. The van der Waals surface area contributed by atoms with Gasteiger partial charge in [0.1, 0.15) is 5.84 Å². The lowest BCUT2D eigenvalue weighted by Crippen LogP contribution is -2.22. The van der Waals surface area contributed by atoms with E-state index in [1.807, 2.05) is 42.5 Å². The van der Waals surface area contributed by atoms with Crippen molar-refractivity contribution in [2.45, 2.75) is 13.1 Å². The molecule has 0 spiro atoms. The van der Waals surface area contributed by atoms with Crippen molar-refractivity contribution in [1.29, 1.82) is 5.41 Å². The molecule has 1 heterocycles. The number of carbonyl (C=O) groups excluding carboxylic acids is 1. The van der Waals surface area contributed by atoms with Crippen molar-refractivity contribution in [3.8, 4) is 0 Å². The van der Waals surface area contributed by atoms with Crippen molar-refractivity contribution < 1.29 is 4.79 Å². The van der Waals surface area contributed by atoms with Gasteiger partial charge in [0.15, 0.2) is 0 Å². The maximum absolute atomic E-state index is 12.2. The molecule has 0 fully saturated rings. The zero-order valence-electron chi connectivity index (χ0n) is 13.6. The average Bonchev–Trinajstić information content (AvgIpc) is 3.09. The van der Waals surface area contributed by atoms with Crippen molar-refractivity contribution in [2.24, 2.45) is 5.73 Å². The first-order valence-corrected chi connectivity index (χ1v) is 7.90. The summed E-state index contributed by atoms with van der Waals surface area (Å²) in [4.78, 5) is 12.2. The van der Waals surface area contributed by atoms with E-state index >= 15 is 0 Å². The highest BCUT2D eigenvalue weighted by Crippen LogP contribution is 2.06. The number of hydrogen-bond donors (Lipinski definition) is 3. The van der Waals surface area contributed by atoms with Crippen LogP contribution in [0.15, 0.2) is 67.0 Å². The largest absolute Gasteiger partial charge is 0.384 e. The molecule has 2 aromatic carbocycles. The van der Waals surface area contributed by atoms with Gasteiger partial charge in [0.2, 0.25) is 0 Å². The van der Waals surface area contributed by atoms with Crippen LogP contribution in [0.5, 0.6) is 0 Å². The van der Waals surface area contributed by atoms with Crippen molar-refractivity contribution in [3.05, 3.63) is 89.2 Å². The lowest BCUT2D eigenvalue weighted by molar-refractivity contribution is 0.0951. The number of nitrogens with two attached hydrogens (primary N) is 1. The van der Waals surface area contributed by atoms with Crippen LogP contribution in [0.1, 0.15) is 27.0 Å². The molecule has 126 valence electrons. The minimum Gasteiger partial charge on any atom is -0.384 e. The van der Waals surface area contributed by atoms with Gasteiger partial charge in [0.05, 0.1) is 18.3 Å². The molecule has 0 aliphatic heterocycles. The predicted octanol–water partition coefficient (Wildman–Crippen LogP) is 2.15. The van der Waals surface area contributed by atoms with Gasteiger partial charge in [-0.05, 0) is 11.1 Å². The van der Waals surface area contributed by atoms with Gasteiger partial charge >= 0.3 is 0 Å². The van der Waals surface area contributed by atoms with E-state index in [2.05, 4.69) is 10.4 Å². The molecule has 1 aromatic heterocycles. The number of aromatic nitrogens is 2. The Bertz CT molecular complexity index is 868. The van der Waals surface area contributed by atoms with Crippen LogP contribution < -0.4 is 11.1 Å². The number of benzene rings is 2. The average molecular weight is 333 g/mol. The fraction of sp³-hybridized carbons (Fsp3) is 0.105. The maximum atomic E-state index is 12.2. The Hall–Kier alpha value is -3.41. The molecular formula is C19H19N5O. The van der Waals surface area contributed by atoms with Gasteiger partial charge in [0, 0.05) is 18.3 Å². The molecule has 6 heteroatoms. The number of amidine groups is 1. The summed E-state index contributed by atoms with van der Waals surface area (Å²) in [6.07, 6.45) is 3.30. The van der Waals surface area contributed by atoms with Crippen LogP contribution in [0, 0.1) is 5.41 Å². The summed E-state index contributed by atoms with van der Waals surface area (Å²) in [5.74, 6) is -0.142. The maximum Gasteiger partial charge on any atom is 0.254 e. The Balaban J connectivity index is 1.57. The third-order valence-corrected chi connectivity index (χ3v) is 3.80. The number of rotatable bonds is 6. The second-order valence-electron chi connectivity index (χ2n) is 5.71. The lowest BCUT2D eigenvalue weighted by atomic mass is 10.1. The molecule has 0 saturated heterocycles. The molecule has 6 nitrogen and oxygen atoms in total. The normalized spacial score (nSPS) is 10.4. The van der Waals surface area contributed by atoms with Crippen molar-refractivity contribution in [1.82, 2.24) is 15.1 Å². The van der Waals surface area contributed by atoms with Crippen molar-refractivity contribution in [2.75, 3.05) is 0 Å². The van der Waals surface area contributed by atoms with Gasteiger partial charge in [-0.15, -0.1) is 0 Å². The number of nitrogen functional groups attached to an aromatic ring is 1. The molecule has 0 saturated carbocycles. The standard InChI is InChI=1S/C19H19N5O/c20-18(21)16-8-6-14(7-9-16)10-22-19(25)17-11-23-24(13-17)12-15-4-2-1-3-5-15/h1-9,11,13H,10,12H2,(H3,20,21)(H,22,25). The minimum absolute atomic E-state index is 0.0291. The zero-order chi connectivity index (χ0) is 17.6. The van der Waals surface area contributed by atoms with Crippen LogP contribution in [0.25, 0.3) is 0 Å². The number of nitrogens with zero attached hydrogens (tertiary/aromatic N) is 2. The van der Waals surface area contributed by atoms with E-state index in [1.54, 1.807) is 29.2 Å². The Morgan fingerprint density at radius 3 is 2.44 bits per heavy atom. The number of nitrogens with one attached hydrogen (secondary N) is 2. The van der Waals surface area contributed by atoms with Crippen LogP contribution in [-0.2, 0) is 13.1 Å². The molecule has 0 atom stereocenters. The summed E-state index contributed by atoms with van der Waals surface area (Å²) in [6, 6.07) is 17.2. The van der Waals surface area contributed by atoms with Crippen molar-refractivity contribution in [3.63, 3.8) is 0 Å². The lowest BCUT2D eigenvalue weighted by Gasteiger charge is -2.05. The summed E-state index contributed by atoms with van der Waals surface area (Å²) in [7, 11) is 0. The summed E-state index contributed by atoms with van der Waals surface area (Å²) < 4.78 is 1.74. The molecule has 0 aliphatic rings. The topological polar surface area (TPSA) is 96.8 Å². The SMILES string of the molecule is N=C(N)c1ccc(CNC(=O)c2cnn(Cc3ccccc3)c2)cc1. The first-order chi connectivity index (χ1) is 12.1. The molecule has 0 bridgehead atoms. The highest BCUT2D eigenvalue weighted by Gasteiger charge is 2.09. The second-order valence-corrected chi connectivity index (χ2v) is 5.71. The summed E-state index contributed by atoms with van der Waals surface area (Å²) in [5, 5.41) is 14.5. The van der Waals surface area contributed by atoms with Gasteiger partial charge in [-0.25, -0.2) is 0 Å². The van der Waals surface area contributed by atoms with Crippen LogP contribution >= 0.6 is 0 Å². The predicted molar refractivity (Wildman–Crippen MR) is 96.4 cm³/mol. The van der Waals surface area contributed by atoms with E-state index in [4.69, 9.17) is 11.1 Å². The first-order valence-electron chi connectivity index (χ1n) is 7.90. The van der Waals surface area contributed by atoms with Crippen LogP contribution in [-0.4, -0.2) is 21.5 Å². The fourth-order valence-corrected chi connectivity index (χ4v) is 2.42. The third kappa shape index (κ3) is 4.32. The molecule has 4 N–H and O–H groups in total. The van der Waals surface area contributed by atoms with Gasteiger partial charge in [-0.3, -0.25) is 14.9 Å². The molecule has 25 heavy (non-hydrogen) atoms. The van der Waals surface area contributed by atoms with Crippen LogP contribution in [0.2, 0.25) is 0 Å². The number of carbonyl (C=O) groups is 1. The van der Waals surface area contributed by atoms with Crippen molar-refractivity contribution >= 4 is 11.7 Å². The van der Waals surface area contributed by atoms with Gasteiger partial charge in [-0.2, -0.15) is 5.10 Å². The second kappa shape index (κ2) is 7.44. The summed E-state index contributed by atoms with van der Waals surface area (Å²) in [5.41, 5.74) is 8.68. The van der Waals surface area contributed by atoms with E-state index < -0.39 is 0 Å². The molecule has 0 unspecified atom stereocenters. The molecule has 1 amide bonds. The molecule has 3 rings (SSSR count). The van der Waals surface area contributed by atoms with E-state index in [9.17, 15) is 4.79 Å². The van der Waals surface area contributed by atoms with Gasteiger partial charge in [0.25, 0.3) is 5.91 Å². The third-order valence-electron chi connectivity index (χ3n) is 3.80. The van der Waals surface area contributed by atoms with E-state index in [1.165, 1.54) is 0 Å². The molecular weight excluding hydrogens is 314 g/mol. The van der Waals surface area contributed by atoms with E-state index in [0.29, 0.717) is 24.2 Å². The Morgan fingerprint density at radius 2 is 1.76 bits per heavy atom. The fourth-order valence-electron chi connectivity index (χ4n) is 2.42. The molecule has 0 radical (unpaired) electrons. The van der Waals surface area contributed by atoms with Gasteiger partial charge in [-0.1, -0.05) is 54.6 Å². The molecule has 3 aromatic rings. The van der Waals surface area contributed by atoms with Crippen LogP contribution in [0.4, 0.5) is 0 Å². The minimum atomic E-state index is -0.171. The van der Waals surface area contributed by atoms with Crippen LogP contribution in [0.3, 0.4) is 0 Å². The first kappa shape index (κ1) is 16.4. The van der Waals surface area contributed by atoms with E-state index in [-0.39, 0.29) is 11.7 Å². The Morgan fingerprint density at radius 1 is 1.04 bits per heavy atom. The summed E-state index contributed by atoms with van der Waals surface area (Å²) in [6.45, 7) is 1.03. The van der Waals surface area contributed by atoms with E-state index in [0.717, 1.165) is 11.1 Å². The smallest absolute Gasteiger partial charge is 0.254 e. The monoisotopic (exact) mass is 333 g/mol. The number of amides is 1. The molecule has 0 aliphatic carbocycles. The number of hydrogen-bond acceptors (Lipinski definition) is 3.